The Morgan fingerprint density at radius 1 is 1.33 bits per heavy atom. The summed E-state index contributed by atoms with van der Waals surface area (Å²) in [6, 6.07) is 9.71. The Bertz CT molecular complexity index is 326. The minimum absolute atomic E-state index is 0.216. The van der Waals surface area contributed by atoms with E-state index in [-0.39, 0.29) is 5.92 Å². The smallest absolute Gasteiger partial charge is 0.126 e. The number of ether oxygens (including phenoxy) is 1. The first kappa shape index (κ1) is 10.3. The lowest BCUT2D eigenvalue weighted by atomic mass is 10.2. The number of halogens is 1. The van der Waals surface area contributed by atoms with Gasteiger partial charge >= 0.3 is 0 Å². The third kappa shape index (κ3) is 2.42. The standard InChI is InChI=1S/C12H13FO2/c13-12-10(6-14)11(12)8-15-7-9-4-2-1-3-5-9/h1-6,10-12H,7-8H2. The lowest BCUT2D eigenvalue weighted by Crippen LogP contribution is -1.99. The molecule has 0 bridgehead atoms. The van der Waals surface area contributed by atoms with Crippen molar-refractivity contribution >= 4 is 6.29 Å². The fourth-order valence-corrected chi connectivity index (χ4v) is 1.62. The van der Waals surface area contributed by atoms with Crippen LogP contribution in [-0.2, 0) is 16.1 Å². The van der Waals surface area contributed by atoms with Crippen molar-refractivity contribution in [1.82, 2.24) is 0 Å². The number of hydrogen-bond donors (Lipinski definition) is 0. The summed E-state index contributed by atoms with van der Waals surface area (Å²) < 4.78 is 18.2. The van der Waals surface area contributed by atoms with Crippen LogP contribution in [0.15, 0.2) is 30.3 Å². The van der Waals surface area contributed by atoms with Crippen molar-refractivity contribution in [1.29, 1.82) is 0 Å². The highest BCUT2D eigenvalue weighted by atomic mass is 19.1. The number of hydrogen-bond acceptors (Lipinski definition) is 2. The zero-order valence-corrected chi connectivity index (χ0v) is 8.30. The maximum Gasteiger partial charge on any atom is 0.126 e. The minimum Gasteiger partial charge on any atom is -0.376 e. The SMILES string of the molecule is O=CC1C(F)C1COCc1ccccc1. The number of alkyl halides is 1. The predicted octanol–water partition coefficient (Wildman–Crippen LogP) is 1.99. The Labute approximate surface area is 88.1 Å². The molecule has 3 heteroatoms. The molecule has 1 aromatic carbocycles. The van der Waals surface area contributed by atoms with Gasteiger partial charge in [0.05, 0.1) is 19.1 Å². The van der Waals surface area contributed by atoms with E-state index < -0.39 is 12.1 Å². The molecule has 0 amide bonds. The number of aldehydes is 1. The van der Waals surface area contributed by atoms with Gasteiger partial charge in [0.1, 0.15) is 12.5 Å². The Morgan fingerprint density at radius 2 is 2.07 bits per heavy atom. The largest absolute Gasteiger partial charge is 0.376 e. The summed E-state index contributed by atoms with van der Waals surface area (Å²) in [6.45, 7) is 0.815. The Morgan fingerprint density at radius 3 is 2.67 bits per heavy atom. The Balaban J connectivity index is 1.70. The zero-order chi connectivity index (χ0) is 10.7. The molecule has 15 heavy (non-hydrogen) atoms. The van der Waals surface area contributed by atoms with Crippen LogP contribution >= 0.6 is 0 Å². The Hall–Kier alpha value is -1.22. The molecule has 0 aliphatic heterocycles. The summed E-state index contributed by atoms with van der Waals surface area (Å²) in [5.41, 5.74) is 1.07. The summed E-state index contributed by atoms with van der Waals surface area (Å²) >= 11 is 0. The molecule has 2 nitrogen and oxygen atoms in total. The molecule has 1 saturated carbocycles. The van der Waals surface area contributed by atoms with E-state index in [1.54, 1.807) is 0 Å². The minimum atomic E-state index is -0.988. The summed E-state index contributed by atoms with van der Waals surface area (Å²) in [5, 5.41) is 0. The monoisotopic (exact) mass is 208 g/mol. The number of carbonyl (C=O) groups is 1. The molecule has 3 unspecified atom stereocenters. The average Bonchev–Trinajstić information content (AvgIpc) is 2.90. The fourth-order valence-electron chi connectivity index (χ4n) is 1.62. The van der Waals surface area contributed by atoms with Crippen LogP contribution in [0.5, 0.6) is 0 Å². The summed E-state index contributed by atoms with van der Waals surface area (Å²) in [5.74, 6) is -0.646. The molecule has 1 aliphatic carbocycles. The van der Waals surface area contributed by atoms with Crippen LogP contribution in [0, 0.1) is 11.8 Å². The van der Waals surface area contributed by atoms with Gasteiger partial charge in [-0.3, -0.25) is 0 Å². The molecule has 3 atom stereocenters. The maximum absolute atomic E-state index is 12.9. The molecule has 0 spiro atoms. The Kier molecular flexibility index (Phi) is 3.11. The van der Waals surface area contributed by atoms with E-state index in [0.29, 0.717) is 19.5 Å². The van der Waals surface area contributed by atoms with Crippen molar-refractivity contribution in [3.8, 4) is 0 Å². The van der Waals surface area contributed by atoms with Gasteiger partial charge in [-0.15, -0.1) is 0 Å². The molecule has 0 N–H and O–H groups in total. The van der Waals surface area contributed by atoms with Crippen molar-refractivity contribution in [3.63, 3.8) is 0 Å². The molecular weight excluding hydrogens is 195 g/mol. The predicted molar refractivity (Wildman–Crippen MR) is 54.0 cm³/mol. The lowest BCUT2D eigenvalue weighted by molar-refractivity contribution is -0.109. The van der Waals surface area contributed by atoms with Crippen molar-refractivity contribution in [2.24, 2.45) is 11.8 Å². The third-order valence-electron chi connectivity index (χ3n) is 2.71. The molecule has 0 radical (unpaired) electrons. The van der Waals surface area contributed by atoms with Gasteiger partial charge in [-0.25, -0.2) is 4.39 Å². The van der Waals surface area contributed by atoms with Gasteiger partial charge in [0.2, 0.25) is 0 Å². The first-order valence-electron chi connectivity index (χ1n) is 5.04. The van der Waals surface area contributed by atoms with Crippen LogP contribution in [0.3, 0.4) is 0 Å². The molecule has 0 saturated heterocycles. The van der Waals surface area contributed by atoms with Crippen LogP contribution in [0.4, 0.5) is 4.39 Å². The quantitative estimate of drug-likeness (QED) is 0.692. The first-order valence-corrected chi connectivity index (χ1v) is 5.04. The van der Waals surface area contributed by atoms with Crippen LogP contribution in [0.1, 0.15) is 5.56 Å². The van der Waals surface area contributed by atoms with Crippen molar-refractivity contribution < 1.29 is 13.9 Å². The average molecular weight is 208 g/mol. The van der Waals surface area contributed by atoms with Gasteiger partial charge in [-0.1, -0.05) is 30.3 Å². The fraction of sp³-hybridized carbons (Fsp3) is 0.417. The second kappa shape index (κ2) is 4.53. The molecule has 1 aromatic rings. The third-order valence-corrected chi connectivity index (χ3v) is 2.71. The van der Waals surface area contributed by atoms with Crippen LogP contribution in [-0.4, -0.2) is 19.1 Å². The first-order chi connectivity index (χ1) is 7.33. The second-order valence-electron chi connectivity index (χ2n) is 3.82. The van der Waals surface area contributed by atoms with Crippen LogP contribution < -0.4 is 0 Å². The van der Waals surface area contributed by atoms with Crippen LogP contribution in [0.25, 0.3) is 0 Å². The molecule has 0 heterocycles. The highest BCUT2D eigenvalue weighted by molar-refractivity contribution is 5.60. The normalized spacial score (nSPS) is 28.7. The molecule has 80 valence electrons. The summed E-state index contributed by atoms with van der Waals surface area (Å²) in [7, 11) is 0. The van der Waals surface area contributed by atoms with E-state index in [0.717, 1.165) is 5.56 Å². The summed E-state index contributed by atoms with van der Waals surface area (Å²) in [6.07, 6.45) is -0.306. The summed E-state index contributed by atoms with van der Waals surface area (Å²) in [4.78, 5) is 10.3. The van der Waals surface area contributed by atoms with E-state index in [1.165, 1.54) is 0 Å². The van der Waals surface area contributed by atoms with E-state index in [4.69, 9.17) is 4.74 Å². The van der Waals surface area contributed by atoms with Crippen molar-refractivity contribution in [2.45, 2.75) is 12.8 Å². The van der Waals surface area contributed by atoms with E-state index in [1.807, 2.05) is 30.3 Å². The van der Waals surface area contributed by atoms with Gasteiger partial charge in [0.25, 0.3) is 0 Å². The number of carbonyl (C=O) groups excluding carboxylic acids is 1. The van der Waals surface area contributed by atoms with Gasteiger partial charge in [-0.2, -0.15) is 0 Å². The molecule has 0 aromatic heterocycles. The van der Waals surface area contributed by atoms with Gasteiger partial charge in [0.15, 0.2) is 0 Å². The topological polar surface area (TPSA) is 26.3 Å². The van der Waals surface area contributed by atoms with Gasteiger partial charge in [0, 0.05) is 5.92 Å². The molecule has 1 aliphatic rings. The van der Waals surface area contributed by atoms with Crippen LogP contribution in [0.2, 0.25) is 0 Å². The highest BCUT2D eigenvalue weighted by Crippen LogP contribution is 2.40. The van der Waals surface area contributed by atoms with Gasteiger partial charge in [-0.05, 0) is 5.56 Å². The van der Waals surface area contributed by atoms with E-state index in [2.05, 4.69) is 0 Å². The maximum atomic E-state index is 12.9. The molecule has 2 rings (SSSR count). The molecule has 1 fully saturated rings. The van der Waals surface area contributed by atoms with Crippen molar-refractivity contribution in [2.75, 3.05) is 6.61 Å². The number of rotatable bonds is 5. The number of benzene rings is 1. The zero-order valence-electron chi connectivity index (χ0n) is 8.30. The highest BCUT2D eigenvalue weighted by Gasteiger charge is 2.51. The molecular formula is C12H13FO2. The second-order valence-corrected chi connectivity index (χ2v) is 3.82. The van der Waals surface area contributed by atoms with Crippen molar-refractivity contribution in [3.05, 3.63) is 35.9 Å². The van der Waals surface area contributed by atoms with Gasteiger partial charge < -0.3 is 9.53 Å². The van der Waals surface area contributed by atoms with E-state index in [9.17, 15) is 9.18 Å². The van der Waals surface area contributed by atoms with E-state index >= 15 is 0 Å². The lowest BCUT2D eigenvalue weighted by Gasteiger charge is -2.02.